The largest absolute Gasteiger partial charge is 0.493 e. The fourth-order valence-electron chi connectivity index (χ4n) is 6.47. The van der Waals surface area contributed by atoms with E-state index in [1.54, 1.807) is 61.6 Å². The van der Waals surface area contributed by atoms with Crippen molar-refractivity contribution in [1.29, 1.82) is 0 Å². The van der Waals surface area contributed by atoms with Gasteiger partial charge in [-0.05, 0) is 53.9 Å². The fraction of sp³-hybridized carbons (Fsp3) is 0.171. The molecule has 2 aliphatic rings. The van der Waals surface area contributed by atoms with Crippen molar-refractivity contribution < 1.29 is 23.5 Å². The van der Waals surface area contributed by atoms with E-state index in [1.165, 1.54) is 4.90 Å². The minimum absolute atomic E-state index is 0.0348. The van der Waals surface area contributed by atoms with E-state index in [-0.39, 0.29) is 30.0 Å². The average molecular weight is 607 g/mol. The average Bonchev–Trinajstić information content (AvgIpc) is 3.44. The summed E-state index contributed by atoms with van der Waals surface area (Å²) in [6.07, 6.45) is 0.371. The number of benzene rings is 4. The molecule has 44 heavy (non-hydrogen) atoms. The molecule has 0 saturated heterocycles. The predicted molar refractivity (Wildman–Crippen MR) is 167 cm³/mol. The van der Waals surface area contributed by atoms with E-state index in [0.717, 1.165) is 11.1 Å². The van der Waals surface area contributed by atoms with Crippen molar-refractivity contribution in [2.75, 3.05) is 25.7 Å². The molecule has 8 nitrogen and oxygen atoms in total. The lowest BCUT2D eigenvalue weighted by Crippen LogP contribution is -2.53. The number of halogens is 1. The van der Waals surface area contributed by atoms with Gasteiger partial charge in [-0.3, -0.25) is 14.4 Å². The first-order valence-electron chi connectivity index (χ1n) is 14.1. The molecule has 4 aromatic carbocycles. The Balaban J connectivity index is 1.42. The first-order valence-corrected chi connectivity index (χ1v) is 14.5. The predicted octanol–water partition coefficient (Wildman–Crippen LogP) is 5.95. The number of carbonyl (C=O) groups is 2. The lowest BCUT2D eigenvalue weighted by atomic mass is 9.83. The van der Waals surface area contributed by atoms with Gasteiger partial charge in [-0.2, -0.15) is 0 Å². The number of methoxy groups -OCH3 is 2. The molecular formula is C35H27ClN2O6. The minimum atomic E-state index is -1.73. The number of anilines is 1. The maximum Gasteiger partial charge on any atom is 0.291 e. The number of carbonyl (C=O) groups excluding carboxylic acids is 2. The normalized spacial score (nSPS) is 17.0. The highest BCUT2D eigenvalue weighted by molar-refractivity contribution is 6.31. The second kappa shape index (κ2) is 10.6. The summed E-state index contributed by atoms with van der Waals surface area (Å²) >= 11 is 6.53. The lowest BCUT2D eigenvalue weighted by molar-refractivity contribution is -0.126. The summed E-state index contributed by atoms with van der Waals surface area (Å²) in [4.78, 5) is 46.7. The summed E-state index contributed by atoms with van der Waals surface area (Å²) in [5.41, 5.74) is 0.915. The van der Waals surface area contributed by atoms with Crippen LogP contribution in [0.4, 0.5) is 5.69 Å². The summed E-state index contributed by atoms with van der Waals surface area (Å²) < 4.78 is 17.0. The van der Waals surface area contributed by atoms with Crippen LogP contribution in [0.2, 0.25) is 5.02 Å². The minimum Gasteiger partial charge on any atom is -0.493 e. The van der Waals surface area contributed by atoms with Gasteiger partial charge in [0.2, 0.25) is 5.76 Å². The van der Waals surface area contributed by atoms with Crippen molar-refractivity contribution in [3.05, 3.63) is 134 Å². The van der Waals surface area contributed by atoms with Crippen LogP contribution in [0, 0.1) is 0 Å². The molecule has 2 amide bonds. The van der Waals surface area contributed by atoms with E-state index in [2.05, 4.69) is 0 Å². The highest BCUT2D eigenvalue weighted by Crippen LogP contribution is 2.53. The molecule has 3 heterocycles. The monoisotopic (exact) mass is 606 g/mol. The van der Waals surface area contributed by atoms with Crippen LogP contribution in [0.15, 0.2) is 100 Å². The van der Waals surface area contributed by atoms with Crippen molar-refractivity contribution in [2.45, 2.75) is 18.5 Å². The van der Waals surface area contributed by atoms with Gasteiger partial charge in [0.15, 0.2) is 22.5 Å². The number of rotatable bonds is 7. The van der Waals surface area contributed by atoms with Crippen LogP contribution >= 0.6 is 11.6 Å². The maximum absolute atomic E-state index is 15.0. The van der Waals surface area contributed by atoms with Crippen molar-refractivity contribution in [3.8, 4) is 11.5 Å². The van der Waals surface area contributed by atoms with Gasteiger partial charge in [0.05, 0.1) is 37.4 Å². The Morgan fingerprint density at radius 2 is 1.57 bits per heavy atom. The van der Waals surface area contributed by atoms with E-state index in [0.29, 0.717) is 39.6 Å². The molecule has 7 rings (SSSR count). The van der Waals surface area contributed by atoms with Gasteiger partial charge in [0, 0.05) is 17.1 Å². The zero-order valence-electron chi connectivity index (χ0n) is 24.0. The SMILES string of the molecule is COc1ccc(CCN2C(=O)c3oc4ccccc4c(=O)c3C23C(=O)N(Cc2ccccc2Cl)c2ccccc23)cc1OC. The third-order valence-corrected chi connectivity index (χ3v) is 8.87. The molecule has 0 N–H and O–H groups in total. The Morgan fingerprint density at radius 1 is 0.841 bits per heavy atom. The van der Waals surface area contributed by atoms with Gasteiger partial charge in [-0.15, -0.1) is 0 Å². The summed E-state index contributed by atoms with van der Waals surface area (Å²) in [5.74, 6) is 0.0662. The van der Waals surface area contributed by atoms with Crippen LogP contribution in [0.1, 0.15) is 32.8 Å². The van der Waals surface area contributed by atoms with Crippen LogP contribution in [0.3, 0.4) is 0 Å². The van der Waals surface area contributed by atoms with Crippen molar-refractivity contribution in [3.63, 3.8) is 0 Å². The Hall–Kier alpha value is -5.08. The molecule has 1 aromatic heterocycles. The topological polar surface area (TPSA) is 89.3 Å². The Kier molecular flexibility index (Phi) is 6.66. The first-order chi connectivity index (χ1) is 21.4. The van der Waals surface area contributed by atoms with Crippen LogP contribution in [-0.4, -0.2) is 37.5 Å². The summed E-state index contributed by atoms with van der Waals surface area (Å²) in [6.45, 7) is 0.275. The number of nitrogens with zero attached hydrogens (tertiary/aromatic N) is 2. The van der Waals surface area contributed by atoms with E-state index < -0.39 is 22.8 Å². The van der Waals surface area contributed by atoms with Crippen LogP contribution in [-0.2, 0) is 23.3 Å². The molecule has 1 spiro atoms. The van der Waals surface area contributed by atoms with Crippen molar-refractivity contribution in [1.82, 2.24) is 4.90 Å². The molecule has 2 aliphatic heterocycles. The van der Waals surface area contributed by atoms with E-state index in [4.69, 9.17) is 25.5 Å². The molecule has 0 fully saturated rings. The summed E-state index contributed by atoms with van der Waals surface area (Å²) in [5, 5.41) is 0.812. The molecule has 9 heteroatoms. The maximum atomic E-state index is 15.0. The molecule has 0 radical (unpaired) electrons. The molecule has 0 aliphatic carbocycles. The van der Waals surface area contributed by atoms with Crippen molar-refractivity contribution in [2.24, 2.45) is 0 Å². The summed E-state index contributed by atoms with van der Waals surface area (Å²) in [7, 11) is 3.12. The number of fused-ring (bicyclic) bond motifs is 5. The zero-order valence-corrected chi connectivity index (χ0v) is 24.8. The van der Waals surface area contributed by atoms with Crippen LogP contribution in [0.25, 0.3) is 11.0 Å². The number of hydrogen-bond donors (Lipinski definition) is 0. The van der Waals surface area contributed by atoms with Crippen LogP contribution in [0.5, 0.6) is 11.5 Å². The molecule has 1 unspecified atom stereocenters. The second-order valence-electron chi connectivity index (χ2n) is 10.7. The molecule has 0 saturated carbocycles. The molecule has 0 bridgehead atoms. The van der Waals surface area contributed by atoms with E-state index in [9.17, 15) is 14.4 Å². The highest BCUT2D eigenvalue weighted by atomic mass is 35.5. The third-order valence-electron chi connectivity index (χ3n) is 8.50. The fourth-order valence-corrected chi connectivity index (χ4v) is 6.66. The van der Waals surface area contributed by atoms with Gasteiger partial charge in [-0.1, -0.05) is 66.2 Å². The van der Waals surface area contributed by atoms with Crippen LogP contribution < -0.4 is 19.8 Å². The van der Waals surface area contributed by atoms with E-state index in [1.807, 2.05) is 48.5 Å². The number of amides is 2. The van der Waals surface area contributed by atoms with Gasteiger partial charge in [-0.25, -0.2) is 0 Å². The quantitative estimate of drug-likeness (QED) is 0.227. The lowest BCUT2D eigenvalue weighted by Gasteiger charge is -2.34. The van der Waals surface area contributed by atoms with Crippen molar-refractivity contribution >= 4 is 40.1 Å². The number of ether oxygens (including phenoxy) is 2. The third kappa shape index (κ3) is 3.94. The highest BCUT2D eigenvalue weighted by Gasteiger charge is 2.64. The molecule has 220 valence electrons. The smallest absolute Gasteiger partial charge is 0.291 e. The second-order valence-corrected chi connectivity index (χ2v) is 11.1. The number of para-hydroxylation sites is 2. The zero-order chi connectivity index (χ0) is 30.6. The number of hydrogen-bond acceptors (Lipinski definition) is 6. The molecule has 5 aromatic rings. The van der Waals surface area contributed by atoms with Gasteiger partial charge >= 0.3 is 0 Å². The molecular weight excluding hydrogens is 580 g/mol. The Labute approximate surface area is 258 Å². The van der Waals surface area contributed by atoms with Gasteiger partial charge in [0.1, 0.15) is 5.58 Å². The standard InChI is InChI=1S/C35H27ClN2O6/c1-42-28-16-15-21(19-29(28)43-2)17-18-38-33(40)32-30(31(39)23-10-4-8-14-27(23)44-32)35(38)24-11-5-7-13-26(24)37(34(35)41)20-22-9-3-6-12-25(22)36/h3-16,19H,17-18,20H2,1-2H3. The molecule has 1 atom stereocenters. The Morgan fingerprint density at radius 3 is 2.36 bits per heavy atom. The van der Waals surface area contributed by atoms with E-state index >= 15 is 0 Å². The van der Waals surface area contributed by atoms with Gasteiger partial charge in [0.25, 0.3) is 11.8 Å². The first kappa shape index (κ1) is 27.7. The summed E-state index contributed by atoms with van der Waals surface area (Å²) in [6, 6.07) is 26.9. The Bertz CT molecular complexity index is 2040. The van der Waals surface area contributed by atoms with Gasteiger partial charge < -0.3 is 23.7 Å².